The summed E-state index contributed by atoms with van der Waals surface area (Å²) in [6.07, 6.45) is -0.197. The standard InChI is InChI=1S/C16H20N2O4S/c1-2-17(15(19)10-18-7-8-23-16(18)20)9-12-11-21-13-5-3-4-6-14(13)22-12/h3-6,12H,2,7-11H2,1H3/t12-/m1/s1. The van der Waals surface area contributed by atoms with Gasteiger partial charge in [0.1, 0.15) is 13.2 Å². The molecule has 1 saturated heterocycles. The number of carbonyl (C=O) groups is 2. The predicted octanol–water partition coefficient (Wildman–Crippen LogP) is 1.84. The third-order valence-electron chi connectivity index (χ3n) is 3.90. The Kier molecular flexibility index (Phi) is 4.95. The molecule has 0 radical (unpaired) electrons. The van der Waals surface area contributed by atoms with Crippen LogP contribution in [0.4, 0.5) is 4.79 Å². The molecule has 1 atom stereocenters. The molecule has 0 N–H and O–H groups in total. The van der Waals surface area contributed by atoms with Crippen molar-refractivity contribution in [2.24, 2.45) is 0 Å². The number of ether oxygens (including phenoxy) is 2. The van der Waals surface area contributed by atoms with E-state index in [1.165, 1.54) is 11.8 Å². The molecule has 0 unspecified atom stereocenters. The summed E-state index contributed by atoms with van der Waals surface area (Å²) in [6, 6.07) is 7.52. The van der Waals surface area contributed by atoms with Crippen LogP contribution in [0.2, 0.25) is 0 Å². The molecule has 6 nitrogen and oxygen atoms in total. The average Bonchev–Trinajstić information content (AvgIpc) is 2.97. The van der Waals surface area contributed by atoms with Gasteiger partial charge in [-0.1, -0.05) is 23.9 Å². The molecule has 3 rings (SSSR count). The van der Waals surface area contributed by atoms with Crippen molar-refractivity contribution in [3.8, 4) is 11.5 Å². The van der Waals surface area contributed by atoms with Gasteiger partial charge in [0.15, 0.2) is 17.6 Å². The van der Waals surface area contributed by atoms with Gasteiger partial charge < -0.3 is 19.3 Å². The van der Waals surface area contributed by atoms with Crippen molar-refractivity contribution in [2.45, 2.75) is 13.0 Å². The number of benzene rings is 1. The summed E-state index contributed by atoms with van der Waals surface area (Å²) >= 11 is 1.27. The van der Waals surface area contributed by atoms with Gasteiger partial charge in [-0.3, -0.25) is 9.59 Å². The molecule has 124 valence electrons. The Hall–Kier alpha value is -1.89. The number of carbonyl (C=O) groups excluding carboxylic acids is 2. The SMILES string of the molecule is CCN(C[C@@H]1COc2ccccc2O1)C(=O)CN1CCSC1=O. The fraction of sp³-hybridized carbons (Fsp3) is 0.500. The molecule has 0 saturated carbocycles. The molecule has 23 heavy (non-hydrogen) atoms. The molecule has 1 aromatic rings. The van der Waals surface area contributed by atoms with Gasteiger partial charge in [-0.2, -0.15) is 0 Å². The smallest absolute Gasteiger partial charge is 0.282 e. The maximum absolute atomic E-state index is 12.4. The molecule has 0 aromatic heterocycles. The first-order chi connectivity index (χ1) is 11.2. The molecule has 2 aliphatic rings. The number of amides is 2. The average molecular weight is 336 g/mol. The molecular formula is C16H20N2O4S. The largest absolute Gasteiger partial charge is 0.486 e. The highest BCUT2D eigenvalue weighted by atomic mass is 32.2. The molecule has 2 amide bonds. The van der Waals surface area contributed by atoms with Crippen LogP contribution in [-0.4, -0.2) is 65.6 Å². The highest BCUT2D eigenvalue weighted by Crippen LogP contribution is 2.31. The maximum Gasteiger partial charge on any atom is 0.282 e. The third kappa shape index (κ3) is 3.72. The topological polar surface area (TPSA) is 59.1 Å². The van der Waals surface area contributed by atoms with Gasteiger partial charge in [0.25, 0.3) is 5.24 Å². The van der Waals surface area contributed by atoms with Gasteiger partial charge in [-0.05, 0) is 19.1 Å². The molecule has 0 bridgehead atoms. The minimum atomic E-state index is -0.197. The number of rotatable bonds is 5. The van der Waals surface area contributed by atoms with Crippen LogP contribution in [0, 0.1) is 0 Å². The number of fused-ring (bicyclic) bond motifs is 1. The Morgan fingerprint density at radius 2 is 2.17 bits per heavy atom. The minimum Gasteiger partial charge on any atom is -0.486 e. The lowest BCUT2D eigenvalue weighted by Crippen LogP contribution is -2.47. The van der Waals surface area contributed by atoms with Crippen molar-refractivity contribution in [2.75, 3.05) is 38.5 Å². The summed E-state index contributed by atoms with van der Waals surface area (Å²) in [5.74, 6) is 2.15. The molecule has 1 fully saturated rings. The summed E-state index contributed by atoms with van der Waals surface area (Å²) in [7, 11) is 0. The Labute approximate surface area is 139 Å². The van der Waals surface area contributed by atoms with Crippen LogP contribution >= 0.6 is 11.8 Å². The monoisotopic (exact) mass is 336 g/mol. The van der Waals surface area contributed by atoms with E-state index in [0.29, 0.717) is 32.0 Å². The zero-order valence-electron chi connectivity index (χ0n) is 13.1. The number of likely N-dealkylation sites (N-methyl/N-ethyl adjacent to an activating group) is 1. The lowest BCUT2D eigenvalue weighted by Gasteiger charge is -2.31. The predicted molar refractivity (Wildman–Crippen MR) is 88.0 cm³/mol. The summed E-state index contributed by atoms with van der Waals surface area (Å²) in [4.78, 5) is 27.4. The summed E-state index contributed by atoms with van der Waals surface area (Å²) in [5.41, 5.74) is 0. The van der Waals surface area contributed by atoms with Crippen molar-refractivity contribution in [3.05, 3.63) is 24.3 Å². The zero-order chi connectivity index (χ0) is 16.2. The van der Waals surface area contributed by atoms with Gasteiger partial charge >= 0.3 is 0 Å². The van der Waals surface area contributed by atoms with Gasteiger partial charge in [-0.25, -0.2) is 0 Å². The first-order valence-corrected chi connectivity index (χ1v) is 8.74. The van der Waals surface area contributed by atoms with E-state index in [0.717, 1.165) is 11.5 Å². The van der Waals surface area contributed by atoms with Crippen LogP contribution in [-0.2, 0) is 4.79 Å². The Bertz CT molecular complexity index is 595. The zero-order valence-corrected chi connectivity index (χ0v) is 13.9. The van der Waals surface area contributed by atoms with E-state index < -0.39 is 0 Å². The molecule has 0 aliphatic carbocycles. The van der Waals surface area contributed by atoms with Crippen LogP contribution in [0.1, 0.15) is 6.92 Å². The first kappa shape index (κ1) is 16.0. The lowest BCUT2D eigenvalue weighted by atomic mass is 10.2. The molecule has 2 aliphatic heterocycles. The van der Waals surface area contributed by atoms with E-state index in [9.17, 15) is 9.59 Å². The van der Waals surface area contributed by atoms with Crippen molar-refractivity contribution < 1.29 is 19.1 Å². The third-order valence-corrected chi connectivity index (χ3v) is 4.79. The maximum atomic E-state index is 12.4. The number of nitrogens with zero attached hydrogens (tertiary/aromatic N) is 2. The van der Waals surface area contributed by atoms with Gasteiger partial charge in [0.2, 0.25) is 5.91 Å². The minimum absolute atomic E-state index is 0.0134. The summed E-state index contributed by atoms with van der Waals surface area (Å²) in [6.45, 7) is 4.16. The number of hydrogen-bond acceptors (Lipinski definition) is 5. The molecule has 2 heterocycles. The van der Waals surface area contributed by atoms with E-state index in [1.54, 1.807) is 9.80 Å². The van der Waals surface area contributed by atoms with Crippen molar-refractivity contribution >= 4 is 22.9 Å². The molecule has 0 spiro atoms. The summed E-state index contributed by atoms with van der Waals surface area (Å²) < 4.78 is 11.6. The number of thioether (sulfide) groups is 1. The normalized spacial score (nSPS) is 19.8. The van der Waals surface area contributed by atoms with E-state index in [1.807, 2.05) is 31.2 Å². The highest BCUT2D eigenvalue weighted by molar-refractivity contribution is 8.13. The number of hydrogen-bond donors (Lipinski definition) is 0. The van der Waals surface area contributed by atoms with E-state index in [4.69, 9.17) is 9.47 Å². The second-order valence-electron chi connectivity index (χ2n) is 5.47. The van der Waals surface area contributed by atoms with Crippen LogP contribution < -0.4 is 9.47 Å². The fourth-order valence-electron chi connectivity index (χ4n) is 2.64. The van der Waals surface area contributed by atoms with Gasteiger partial charge in [0, 0.05) is 18.8 Å². The van der Waals surface area contributed by atoms with Crippen molar-refractivity contribution in [3.63, 3.8) is 0 Å². The van der Waals surface area contributed by atoms with E-state index >= 15 is 0 Å². The highest BCUT2D eigenvalue weighted by Gasteiger charge is 2.28. The summed E-state index contributed by atoms with van der Waals surface area (Å²) in [5, 5.41) is -0.0134. The number of para-hydroxylation sites is 2. The van der Waals surface area contributed by atoms with Crippen molar-refractivity contribution in [1.29, 1.82) is 0 Å². The Morgan fingerprint density at radius 3 is 2.87 bits per heavy atom. The van der Waals surface area contributed by atoms with Crippen molar-refractivity contribution in [1.82, 2.24) is 9.80 Å². The fourth-order valence-corrected chi connectivity index (χ4v) is 3.46. The van der Waals surface area contributed by atoms with Crippen LogP contribution in [0.5, 0.6) is 11.5 Å². The second-order valence-corrected chi connectivity index (χ2v) is 6.51. The Morgan fingerprint density at radius 1 is 1.39 bits per heavy atom. The molecule has 1 aromatic carbocycles. The van der Waals surface area contributed by atoms with Crippen LogP contribution in [0.15, 0.2) is 24.3 Å². The molecule has 7 heteroatoms. The van der Waals surface area contributed by atoms with E-state index in [-0.39, 0.29) is 23.8 Å². The van der Waals surface area contributed by atoms with Gasteiger partial charge in [-0.15, -0.1) is 0 Å². The van der Waals surface area contributed by atoms with Crippen LogP contribution in [0.25, 0.3) is 0 Å². The lowest BCUT2D eigenvalue weighted by molar-refractivity contribution is -0.133. The molecular weight excluding hydrogens is 316 g/mol. The quantitative estimate of drug-likeness (QED) is 0.821. The van der Waals surface area contributed by atoms with Crippen LogP contribution in [0.3, 0.4) is 0 Å². The van der Waals surface area contributed by atoms with E-state index in [2.05, 4.69) is 0 Å². The second kappa shape index (κ2) is 7.12. The first-order valence-electron chi connectivity index (χ1n) is 7.75. The van der Waals surface area contributed by atoms with Gasteiger partial charge in [0.05, 0.1) is 6.54 Å². The Balaban J connectivity index is 1.57.